The summed E-state index contributed by atoms with van der Waals surface area (Å²) < 4.78 is 18.5. The number of rotatable bonds is 7. The summed E-state index contributed by atoms with van der Waals surface area (Å²) in [5, 5.41) is 14.6. The molecule has 0 bridgehead atoms. The van der Waals surface area contributed by atoms with Gasteiger partial charge in [-0.05, 0) is 38.1 Å². The molecular weight excluding hydrogens is 428 g/mol. The maximum Gasteiger partial charge on any atom is 0.317 e. The monoisotopic (exact) mass is 454 g/mol. The molecule has 1 amide bonds. The van der Waals surface area contributed by atoms with Gasteiger partial charge in [0.05, 0.1) is 13.3 Å². The van der Waals surface area contributed by atoms with Gasteiger partial charge in [0.2, 0.25) is 11.4 Å². The Bertz CT molecular complexity index is 1220. The Kier molecular flexibility index (Phi) is 5.97. The number of nitrogens with one attached hydrogen (secondary N) is 1. The summed E-state index contributed by atoms with van der Waals surface area (Å²) in [6.07, 6.45) is 4.22. The van der Waals surface area contributed by atoms with E-state index in [9.17, 15) is 9.90 Å². The standard InChI is InChI=1S/C22H26N6O5/c1-31-19-16(32-12-14(29)11-27-7-2-3-8-27)5-4-15-18(19)25-22(28-9-6-24-20(15)28)26-21(30)17-10-23-13-33-17/h4-5,10,13-14,24,29H,2-3,6-9,11-12H2,1H3/t14-/m1/s1. The van der Waals surface area contributed by atoms with Gasteiger partial charge in [0.1, 0.15) is 24.0 Å². The van der Waals surface area contributed by atoms with Crippen LogP contribution in [0.3, 0.4) is 0 Å². The predicted molar refractivity (Wildman–Crippen MR) is 118 cm³/mol. The number of hydrogen-bond donors (Lipinski definition) is 2. The highest BCUT2D eigenvalue weighted by Gasteiger charge is 2.22. The Morgan fingerprint density at radius 2 is 2.18 bits per heavy atom. The molecule has 1 saturated heterocycles. The fourth-order valence-electron chi connectivity index (χ4n) is 4.31. The minimum absolute atomic E-state index is 0.0354. The van der Waals surface area contributed by atoms with E-state index in [1.54, 1.807) is 0 Å². The fourth-order valence-corrected chi connectivity index (χ4v) is 4.31. The van der Waals surface area contributed by atoms with Gasteiger partial charge in [-0.3, -0.25) is 9.36 Å². The number of fused-ring (bicyclic) bond motifs is 3. The van der Waals surface area contributed by atoms with Crippen LogP contribution in [-0.2, 0) is 6.54 Å². The van der Waals surface area contributed by atoms with Crippen LogP contribution in [0.4, 0.5) is 5.82 Å². The summed E-state index contributed by atoms with van der Waals surface area (Å²) >= 11 is 0. The molecule has 0 spiro atoms. The maximum absolute atomic E-state index is 12.5. The number of aliphatic hydroxyl groups excluding tert-OH is 1. The Labute approximate surface area is 189 Å². The Morgan fingerprint density at radius 3 is 2.94 bits per heavy atom. The fraction of sp³-hybridized carbons (Fsp3) is 0.455. The van der Waals surface area contributed by atoms with Crippen LogP contribution < -0.4 is 20.4 Å². The number of hydrogen-bond acceptors (Lipinski definition) is 9. The third kappa shape index (κ3) is 4.29. The lowest BCUT2D eigenvalue weighted by molar-refractivity contribution is 0.0748. The van der Waals surface area contributed by atoms with Crippen LogP contribution in [0, 0.1) is 0 Å². The van der Waals surface area contributed by atoms with Crippen molar-refractivity contribution in [1.29, 1.82) is 0 Å². The Balaban J connectivity index is 1.48. The molecule has 1 fully saturated rings. The third-order valence-electron chi connectivity index (χ3n) is 5.85. The lowest BCUT2D eigenvalue weighted by atomic mass is 10.2. The molecule has 1 atom stereocenters. The van der Waals surface area contributed by atoms with Crippen molar-refractivity contribution in [1.82, 2.24) is 19.4 Å². The molecular formula is C22H26N6O5. The molecule has 0 radical (unpaired) electrons. The van der Waals surface area contributed by atoms with Gasteiger partial charge in [-0.2, -0.15) is 4.99 Å². The van der Waals surface area contributed by atoms with E-state index in [0.29, 0.717) is 36.6 Å². The molecule has 4 heterocycles. The first-order valence-corrected chi connectivity index (χ1v) is 11.0. The van der Waals surface area contributed by atoms with Crippen molar-refractivity contribution in [3.05, 3.63) is 36.1 Å². The number of carbonyl (C=O) groups is 1. The summed E-state index contributed by atoms with van der Waals surface area (Å²) in [5.74, 6) is 1.14. The average Bonchev–Trinajstić information content (AvgIpc) is 3.60. The second-order valence-corrected chi connectivity index (χ2v) is 8.09. The Morgan fingerprint density at radius 1 is 1.33 bits per heavy atom. The van der Waals surface area contributed by atoms with E-state index >= 15 is 0 Å². The van der Waals surface area contributed by atoms with E-state index in [-0.39, 0.29) is 18.0 Å². The second kappa shape index (κ2) is 9.20. The Hall–Kier alpha value is -3.44. The van der Waals surface area contributed by atoms with Crippen LogP contribution in [0.15, 0.2) is 34.1 Å². The molecule has 5 rings (SSSR count). The number of benzene rings is 1. The van der Waals surface area contributed by atoms with E-state index in [4.69, 9.17) is 13.9 Å². The molecule has 2 N–H and O–H groups in total. The first-order valence-electron chi connectivity index (χ1n) is 11.0. The quantitative estimate of drug-likeness (QED) is 0.538. The van der Waals surface area contributed by atoms with Crippen molar-refractivity contribution in [3.8, 4) is 11.5 Å². The number of nitrogens with zero attached hydrogens (tertiary/aromatic N) is 5. The number of anilines is 1. The van der Waals surface area contributed by atoms with Crippen LogP contribution in [0.2, 0.25) is 0 Å². The smallest absolute Gasteiger partial charge is 0.317 e. The van der Waals surface area contributed by atoms with Crippen LogP contribution in [0.25, 0.3) is 10.9 Å². The lowest BCUT2D eigenvalue weighted by Crippen LogP contribution is -2.33. The first-order chi connectivity index (χ1) is 16.1. The van der Waals surface area contributed by atoms with Crippen LogP contribution in [0.1, 0.15) is 23.4 Å². The highest BCUT2D eigenvalue weighted by Crippen LogP contribution is 2.37. The molecule has 0 saturated carbocycles. The van der Waals surface area contributed by atoms with E-state index in [2.05, 4.69) is 25.2 Å². The number of methoxy groups -OCH3 is 1. The topological polar surface area (TPSA) is 127 Å². The minimum Gasteiger partial charge on any atom is -0.491 e. The summed E-state index contributed by atoms with van der Waals surface area (Å²) in [4.78, 5) is 27.3. The van der Waals surface area contributed by atoms with E-state index < -0.39 is 12.0 Å². The van der Waals surface area contributed by atoms with Crippen LogP contribution >= 0.6 is 0 Å². The zero-order chi connectivity index (χ0) is 22.8. The maximum atomic E-state index is 12.5. The van der Waals surface area contributed by atoms with Crippen molar-refractivity contribution in [3.63, 3.8) is 0 Å². The van der Waals surface area contributed by atoms with Crippen molar-refractivity contribution in [2.24, 2.45) is 4.99 Å². The third-order valence-corrected chi connectivity index (χ3v) is 5.85. The minimum atomic E-state index is -0.612. The first kappa shape index (κ1) is 21.4. The van der Waals surface area contributed by atoms with Gasteiger partial charge in [0.15, 0.2) is 17.9 Å². The van der Waals surface area contributed by atoms with Gasteiger partial charge >= 0.3 is 5.91 Å². The molecule has 1 aromatic carbocycles. The molecule has 2 aromatic heterocycles. The van der Waals surface area contributed by atoms with Gasteiger partial charge in [-0.15, -0.1) is 0 Å². The number of aliphatic hydroxyl groups is 1. The summed E-state index contributed by atoms with van der Waals surface area (Å²) in [6, 6.07) is 3.70. The van der Waals surface area contributed by atoms with Crippen molar-refractivity contribution < 1.29 is 23.8 Å². The number of oxazole rings is 1. The van der Waals surface area contributed by atoms with E-state index in [1.807, 2.05) is 16.7 Å². The van der Waals surface area contributed by atoms with Gasteiger partial charge < -0.3 is 29.2 Å². The van der Waals surface area contributed by atoms with E-state index in [0.717, 1.165) is 24.3 Å². The predicted octanol–water partition coefficient (Wildman–Crippen LogP) is 1.03. The SMILES string of the molecule is COc1c(OC[C@H](O)CN2CCCC2)ccc2c3n(c(=NC(=O)c4cnco4)nc12)CCN3. The second-order valence-electron chi connectivity index (χ2n) is 8.09. The highest BCUT2D eigenvalue weighted by atomic mass is 16.5. The molecule has 3 aromatic rings. The van der Waals surface area contributed by atoms with Crippen molar-refractivity contribution >= 4 is 22.6 Å². The summed E-state index contributed by atoms with van der Waals surface area (Å²) in [7, 11) is 1.54. The molecule has 33 heavy (non-hydrogen) atoms. The van der Waals surface area contributed by atoms with Crippen LogP contribution in [-0.4, -0.2) is 76.4 Å². The largest absolute Gasteiger partial charge is 0.491 e. The van der Waals surface area contributed by atoms with Crippen LogP contribution in [0.5, 0.6) is 11.5 Å². The molecule has 0 unspecified atom stereocenters. The van der Waals surface area contributed by atoms with Gasteiger partial charge in [-0.25, -0.2) is 9.97 Å². The van der Waals surface area contributed by atoms with E-state index in [1.165, 1.54) is 32.5 Å². The molecule has 11 heteroatoms. The van der Waals surface area contributed by atoms with Gasteiger partial charge in [0, 0.05) is 25.0 Å². The molecule has 2 aliphatic heterocycles. The normalized spacial score (nSPS) is 17.2. The summed E-state index contributed by atoms with van der Waals surface area (Å²) in [5.41, 5.74) is 0.738. The average molecular weight is 454 g/mol. The lowest BCUT2D eigenvalue weighted by Gasteiger charge is -2.20. The summed E-state index contributed by atoms with van der Waals surface area (Å²) in [6.45, 7) is 4.03. The highest BCUT2D eigenvalue weighted by molar-refractivity contribution is 5.96. The molecule has 174 valence electrons. The van der Waals surface area contributed by atoms with Gasteiger partial charge in [0.25, 0.3) is 0 Å². The number of carbonyl (C=O) groups excluding carboxylic acids is 1. The number of ether oxygens (including phenoxy) is 2. The molecule has 2 aliphatic rings. The van der Waals surface area contributed by atoms with Crippen molar-refractivity contribution in [2.75, 3.05) is 45.2 Å². The zero-order valence-corrected chi connectivity index (χ0v) is 18.4. The number of aromatic nitrogens is 3. The molecule has 0 aliphatic carbocycles. The zero-order valence-electron chi connectivity index (χ0n) is 18.4. The number of β-amino-alcohol motifs (C(OH)–C–C–N with tert-alkyl or cyclic N) is 1. The number of amides is 1. The van der Waals surface area contributed by atoms with Crippen molar-refractivity contribution in [2.45, 2.75) is 25.5 Å². The molecule has 11 nitrogen and oxygen atoms in total. The number of likely N-dealkylation sites (tertiary alicyclic amines) is 1. The van der Waals surface area contributed by atoms with Gasteiger partial charge in [-0.1, -0.05) is 0 Å².